The molecule has 2 heterocycles. The molecule has 0 spiro atoms. The molecule has 2 bridgehead atoms. The third kappa shape index (κ3) is 6.15. The van der Waals surface area contributed by atoms with Crippen molar-refractivity contribution in [1.82, 2.24) is 4.98 Å². The average molecular weight is 728 g/mol. The van der Waals surface area contributed by atoms with E-state index in [0.717, 1.165) is 62.1 Å². The van der Waals surface area contributed by atoms with E-state index in [0.29, 0.717) is 44.6 Å². The Morgan fingerprint density at radius 2 is 1.84 bits per heavy atom. The normalized spacial score (nSPS) is 41.5. The first-order valence-electron chi connectivity index (χ1n) is 19.7. The van der Waals surface area contributed by atoms with E-state index in [9.17, 15) is 14.7 Å². The predicted molar refractivity (Wildman–Crippen MR) is 200 cm³/mol. The highest BCUT2D eigenvalue weighted by Crippen LogP contribution is 2.75. The van der Waals surface area contributed by atoms with Crippen LogP contribution in [0.3, 0.4) is 0 Å². The van der Waals surface area contributed by atoms with Crippen molar-refractivity contribution in [1.29, 1.82) is 0 Å². The van der Waals surface area contributed by atoms with Crippen LogP contribution in [0.1, 0.15) is 130 Å². The van der Waals surface area contributed by atoms with Gasteiger partial charge in [-0.25, -0.2) is 4.98 Å². The van der Waals surface area contributed by atoms with Crippen LogP contribution in [0.25, 0.3) is 0 Å². The van der Waals surface area contributed by atoms with Crippen molar-refractivity contribution in [3.63, 3.8) is 0 Å². The summed E-state index contributed by atoms with van der Waals surface area (Å²) in [5.74, 6) is -0.153. The lowest BCUT2D eigenvalue weighted by Gasteiger charge is -2.71. The van der Waals surface area contributed by atoms with Gasteiger partial charge in [0.15, 0.2) is 0 Å². The minimum Gasteiger partial charge on any atom is -0.481 e. The van der Waals surface area contributed by atoms with Crippen LogP contribution in [-0.4, -0.2) is 54.0 Å². The number of ether oxygens (including phenoxy) is 3. The molecule has 5 N–H and O–H groups in total. The number of carboxylic acids is 1. The summed E-state index contributed by atoms with van der Waals surface area (Å²) in [7, 11) is 0. The summed E-state index contributed by atoms with van der Waals surface area (Å²) >= 11 is 1.57. The number of esters is 1. The van der Waals surface area contributed by atoms with Crippen LogP contribution in [0.4, 0.5) is 0 Å². The second kappa shape index (κ2) is 14.1. The summed E-state index contributed by atoms with van der Waals surface area (Å²) in [5.41, 5.74) is 12.9. The number of aromatic nitrogens is 1. The summed E-state index contributed by atoms with van der Waals surface area (Å²) in [6.07, 6.45) is 9.76. The molecule has 0 amide bonds. The van der Waals surface area contributed by atoms with E-state index in [1.165, 1.54) is 12.5 Å². The number of fused-ring (bicyclic) bond motifs is 3. The van der Waals surface area contributed by atoms with Crippen molar-refractivity contribution >= 4 is 23.3 Å². The molecule has 1 aromatic rings. The van der Waals surface area contributed by atoms with Gasteiger partial charge in [0.05, 0.1) is 37.5 Å². The number of carbonyl (C=O) groups is 2. The number of hydrogen-bond donors (Lipinski definition) is 3. The van der Waals surface area contributed by atoms with E-state index < -0.39 is 18.0 Å². The average Bonchev–Trinajstić information content (AvgIpc) is 3.53. The molecule has 4 fully saturated rings. The molecule has 3 saturated carbocycles. The van der Waals surface area contributed by atoms with E-state index in [1.807, 2.05) is 5.38 Å². The maximum atomic E-state index is 13.4. The molecule has 286 valence electrons. The van der Waals surface area contributed by atoms with Gasteiger partial charge in [-0.1, -0.05) is 66.5 Å². The number of nitrogens with zero attached hydrogens (tertiary/aromatic N) is 1. The number of thiazole rings is 1. The van der Waals surface area contributed by atoms with Gasteiger partial charge in [-0.3, -0.25) is 9.59 Å². The quantitative estimate of drug-likeness (QED) is 0.112. The summed E-state index contributed by atoms with van der Waals surface area (Å²) in [5, 5.41) is 14.0. The molecule has 0 aromatic carbocycles. The third-order valence-corrected chi connectivity index (χ3v) is 16.7. The molecule has 1 aliphatic heterocycles. The number of aliphatic carboxylic acids is 1. The zero-order valence-electron chi connectivity index (χ0n) is 32.5. The van der Waals surface area contributed by atoms with Gasteiger partial charge in [-0.2, -0.15) is 0 Å². The van der Waals surface area contributed by atoms with E-state index in [1.54, 1.807) is 11.3 Å². The van der Waals surface area contributed by atoms with E-state index in [4.69, 9.17) is 30.7 Å². The van der Waals surface area contributed by atoms with Crippen LogP contribution in [0.15, 0.2) is 17.0 Å². The zero-order valence-corrected chi connectivity index (χ0v) is 33.3. The van der Waals surface area contributed by atoms with Crippen molar-refractivity contribution in [2.24, 2.45) is 68.1 Å². The molecule has 1 aromatic heterocycles. The lowest BCUT2D eigenvalue weighted by Crippen LogP contribution is -2.70. The maximum Gasteiger partial charge on any atom is 0.307 e. The molecule has 6 rings (SSSR count). The molecule has 1 saturated heterocycles. The van der Waals surface area contributed by atoms with Gasteiger partial charge < -0.3 is 30.8 Å². The highest BCUT2D eigenvalue weighted by molar-refractivity contribution is 7.09. The van der Waals surface area contributed by atoms with Crippen LogP contribution in [-0.2, 0) is 30.4 Å². The number of allylic oxidation sites excluding steroid dienone is 1. The van der Waals surface area contributed by atoms with Crippen LogP contribution < -0.4 is 11.5 Å². The summed E-state index contributed by atoms with van der Waals surface area (Å²) in [6, 6.07) is -0.117. The molecule has 10 heteroatoms. The largest absolute Gasteiger partial charge is 0.481 e. The SMILES string of the molecule is CC(=O)O[C@@H]1C[C@@]23COC[C@](C)(C2CC[C@H]2C3=CC[C@@]3(C)[C@H](C(=O)O)[C@@](C)([C@H](C)C(C)C)CC[C@]23C)[C@H]1OCc1csc([C@@H](N)CCCCN)n1. The van der Waals surface area contributed by atoms with E-state index in [2.05, 4.69) is 54.5 Å². The number of nitrogens with two attached hydrogens (primary N) is 2. The number of unbranched alkanes of at least 4 members (excludes halogenated alkanes) is 1. The molecule has 51 heavy (non-hydrogen) atoms. The molecular weight excluding hydrogens is 663 g/mol. The first-order chi connectivity index (χ1) is 24.0. The van der Waals surface area contributed by atoms with Gasteiger partial charge in [0.1, 0.15) is 17.2 Å². The molecule has 9 nitrogen and oxygen atoms in total. The van der Waals surface area contributed by atoms with Gasteiger partial charge in [-0.15, -0.1) is 11.3 Å². The van der Waals surface area contributed by atoms with Crippen molar-refractivity contribution in [3.8, 4) is 0 Å². The maximum absolute atomic E-state index is 13.4. The molecule has 12 atom stereocenters. The van der Waals surface area contributed by atoms with E-state index >= 15 is 0 Å². The Morgan fingerprint density at radius 1 is 1.10 bits per heavy atom. The Balaban J connectivity index is 1.32. The summed E-state index contributed by atoms with van der Waals surface area (Å²) in [4.78, 5) is 31.0. The Kier molecular flexibility index (Phi) is 10.7. The zero-order chi connectivity index (χ0) is 37.1. The van der Waals surface area contributed by atoms with Crippen molar-refractivity contribution in [3.05, 3.63) is 27.7 Å². The minimum absolute atomic E-state index is 0.117. The Morgan fingerprint density at radius 3 is 2.51 bits per heavy atom. The number of carbonyl (C=O) groups excluding carboxylic acids is 1. The Hall–Kier alpha value is -1.85. The Bertz CT molecular complexity index is 1500. The fourth-order valence-corrected chi connectivity index (χ4v) is 13.4. The summed E-state index contributed by atoms with van der Waals surface area (Å²) in [6.45, 7) is 19.6. The van der Waals surface area contributed by atoms with Gasteiger partial charge in [0.25, 0.3) is 0 Å². The minimum atomic E-state index is -0.649. The monoisotopic (exact) mass is 727 g/mol. The molecule has 1 unspecified atom stereocenters. The first-order valence-corrected chi connectivity index (χ1v) is 20.6. The fourth-order valence-electron chi connectivity index (χ4n) is 12.6. The molecule has 0 radical (unpaired) electrons. The number of rotatable bonds is 12. The van der Waals surface area contributed by atoms with Gasteiger partial charge in [0, 0.05) is 23.1 Å². The summed E-state index contributed by atoms with van der Waals surface area (Å²) < 4.78 is 19.7. The molecule has 4 aliphatic carbocycles. The first kappa shape index (κ1) is 38.9. The standard InChI is InChI=1S/C41H65N3O6S/c1-24(2)25(3)37(5)16-17-39(7)28-12-13-32-38(6)22-48-23-41(32,29(28)14-15-40(39,8)33(37)36(46)47)19-31(50-26(4)45)34(38)49-20-27-21-51-35(44-27)30(43)11-9-10-18-42/h14,21,24-25,28,30-34H,9-13,15-20,22-23,42-43H2,1-8H3,(H,46,47)/t25-,28+,30+,31-,32?,33-,34+,37-,38-,39-,40+,41+/m1/s1. The highest BCUT2D eigenvalue weighted by atomic mass is 32.1. The lowest BCUT2D eigenvalue weighted by molar-refractivity contribution is -0.269. The van der Waals surface area contributed by atoms with Crippen LogP contribution in [0, 0.1) is 56.7 Å². The number of carboxylic acid groups (broad SMARTS) is 1. The van der Waals surface area contributed by atoms with Crippen molar-refractivity contribution in [2.75, 3.05) is 19.8 Å². The second-order valence-corrected chi connectivity index (χ2v) is 19.4. The van der Waals surface area contributed by atoms with Gasteiger partial charge in [0.2, 0.25) is 0 Å². The van der Waals surface area contributed by atoms with Crippen LogP contribution in [0.5, 0.6) is 0 Å². The number of hydrogen-bond acceptors (Lipinski definition) is 9. The fraction of sp³-hybridized carbons (Fsp3) is 0.829. The lowest BCUT2D eigenvalue weighted by atomic mass is 9.34. The molecule has 5 aliphatic rings. The van der Waals surface area contributed by atoms with Crippen LogP contribution in [0.2, 0.25) is 0 Å². The van der Waals surface area contributed by atoms with Crippen LogP contribution >= 0.6 is 11.3 Å². The molecular formula is C41H65N3O6S. The van der Waals surface area contributed by atoms with Gasteiger partial charge >= 0.3 is 11.9 Å². The topological polar surface area (TPSA) is 147 Å². The second-order valence-electron chi connectivity index (χ2n) is 18.5. The van der Waals surface area contributed by atoms with Gasteiger partial charge in [-0.05, 0) is 97.8 Å². The predicted octanol–water partition coefficient (Wildman–Crippen LogP) is 7.68. The highest BCUT2D eigenvalue weighted by Gasteiger charge is 2.72. The smallest absolute Gasteiger partial charge is 0.307 e. The van der Waals surface area contributed by atoms with Crippen molar-refractivity contribution < 1.29 is 28.9 Å². The van der Waals surface area contributed by atoms with E-state index in [-0.39, 0.29) is 57.0 Å². The van der Waals surface area contributed by atoms with Crippen molar-refractivity contribution in [2.45, 2.75) is 138 Å². The Labute approximate surface area is 310 Å². The third-order valence-electron chi connectivity index (χ3n) is 15.7.